The van der Waals surface area contributed by atoms with E-state index in [1.807, 2.05) is 0 Å². The molecule has 1 aliphatic rings. The molecule has 0 bridgehead atoms. The van der Waals surface area contributed by atoms with Gasteiger partial charge in [0.1, 0.15) is 11.6 Å². The van der Waals surface area contributed by atoms with E-state index in [2.05, 4.69) is 0 Å². The maximum absolute atomic E-state index is 13.6. The molecular formula is C14H16F2N2O3. The number of rotatable bonds is 2. The Morgan fingerprint density at radius 2 is 1.76 bits per heavy atom. The average molecular weight is 298 g/mol. The van der Waals surface area contributed by atoms with Crippen molar-refractivity contribution in [1.29, 1.82) is 0 Å². The van der Waals surface area contributed by atoms with E-state index in [-0.39, 0.29) is 25.3 Å². The van der Waals surface area contributed by atoms with Gasteiger partial charge in [0.05, 0.1) is 12.2 Å². The van der Waals surface area contributed by atoms with Crippen LogP contribution in [0, 0.1) is 11.6 Å². The number of piperazine rings is 1. The molecule has 114 valence electrons. The van der Waals surface area contributed by atoms with Crippen molar-refractivity contribution in [2.24, 2.45) is 0 Å². The highest BCUT2D eigenvalue weighted by Crippen LogP contribution is 2.14. The first kappa shape index (κ1) is 15.2. The van der Waals surface area contributed by atoms with E-state index in [0.29, 0.717) is 13.1 Å². The summed E-state index contributed by atoms with van der Waals surface area (Å²) >= 11 is 0. The number of amides is 2. The minimum Gasteiger partial charge on any atom is -0.450 e. The Morgan fingerprint density at radius 1 is 1.14 bits per heavy atom. The zero-order valence-corrected chi connectivity index (χ0v) is 11.6. The third-order valence-corrected chi connectivity index (χ3v) is 3.25. The minimum atomic E-state index is -0.755. The van der Waals surface area contributed by atoms with Crippen LogP contribution in [0.25, 0.3) is 0 Å². The molecular weight excluding hydrogens is 282 g/mol. The zero-order valence-electron chi connectivity index (χ0n) is 11.6. The summed E-state index contributed by atoms with van der Waals surface area (Å²) in [6.45, 7) is 3.13. The van der Waals surface area contributed by atoms with Crippen molar-refractivity contribution in [3.63, 3.8) is 0 Å². The van der Waals surface area contributed by atoms with E-state index in [4.69, 9.17) is 4.74 Å². The van der Waals surface area contributed by atoms with E-state index in [1.165, 1.54) is 9.80 Å². The molecule has 1 fully saturated rings. The number of carbonyl (C=O) groups excluding carboxylic acids is 2. The van der Waals surface area contributed by atoms with Crippen LogP contribution < -0.4 is 0 Å². The first-order chi connectivity index (χ1) is 10.0. The van der Waals surface area contributed by atoms with Gasteiger partial charge in [0.25, 0.3) is 5.91 Å². The fraction of sp³-hybridized carbons (Fsp3) is 0.429. The monoisotopic (exact) mass is 298 g/mol. The fourth-order valence-electron chi connectivity index (χ4n) is 2.14. The van der Waals surface area contributed by atoms with Crippen molar-refractivity contribution in [2.45, 2.75) is 6.92 Å². The lowest BCUT2D eigenvalue weighted by Gasteiger charge is -2.34. The smallest absolute Gasteiger partial charge is 0.409 e. The maximum Gasteiger partial charge on any atom is 0.409 e. The second-order valence-corrected chi connectivity index (χ2v) is 4.60. The molecule has 2 rings (SSSR count). The van der Waals surface area contributed by atoms with Gasteiger partial charge in [0.2, 0.25) is 0 Å². The Morgan fingerprint density at radius 3 is 2.38 bits per heavy atom. The molecule has 0 saturated carbocycles. The average Bonchev–Trinajstić information content (AvgIpc) is 2.49. The second kappa shape index (κ2) is 6.51. The van der Waals surface area contributed by atoms with Crippen LogP contribution in [0.4, 0.5) is 13.6 Å². The van der Waals surface area contributed by atoms with Crippen LogP contribution in [0.5, 0.6) is 0 Å². The van der Waals surface area contributed by atoms with Crippen molar-refractivity contribution in [2.75, 3.05) is 32.8 Å². The van der Waals surface area contributed by atoms with Gasteiger partial charge in [0, 0.05) is 26.2 Å². The van der Waals surface area contributed by atoms with Gasteiger partial charge in [-0.1, -0.05) is 0 Å². The zero-order chi connectivity index (χ0) is 15.4. The van der Waals surface area contributed by atoms with Crippen molar-refractivity contribution in [1.82, 2.24) is 9.80 Å². The van der Waals surface area contributed by atoms with Crippen LogP contribution in [0.15, 0.2) is 18.2 Å². The van der Waals surface area contributed by atoms with Gasteiger partial charge in [0.15, 0.2) is 0 Å². The number of hydrogen-bond acceptors (Lipinski definition) is 3. The molecule has 0 unspecified atom stereocenters. The summed E-state index contributed by atoms with van der Waals surface area (Å²) in [5.41, 5.74) is -0.292. The molecule has 0 aromatic heterocycles. The maximum atomic E-state index is 13.6. The molecule has 0 radical (unpaired) electrons. The summed E-state index contributed by atoms with van der Waals surface area (Å²) < 4.78 is 31.6. The molecule has 1 aliphatic heterocycles. The standard InChI is InChI=1S/C14H16F2N2O3/c1-2-21-14(20)18-7-5-17(6-8-18)13(19)11-9-10(15)3-4-12(11)16/h3-4,9H,2,5-8H2,1H3. The molecule has 7 heteroatoms. The Labute approximate surface area is 121 Å². The van der Waals surface area contributed by atoms with E-state index < -0.39 is 23.6 Å². The van der Waals surface area contributed by atoms with Crippen molar-refractivity contribution < 1.29 is 23.1 Å². The van der Waals surface area contributed by atoms with Crippen LogP contribution in [0.1, 0.15) is 17.3 Å². The summed E-state index contributed by atoms with van der Waals surface area (Å²) in [7, 11) is 0. The summed E-state index contributed by atoms with van der Waals surface area (Å²) in [4.78, 5) is 26.6. The highest BCUT2D eigenvalue weighted by Gasteiger charge is 2.27. The molecule has 1 aromatic rings. The SMILES string of the molecule is CCOC(=O)N1CCN(C(=O)c2cc(F)ccc2F)CC1. The van der Waals surface area contributed by atoms with Crippen molar-refractivity contribution in [3.05, 3.63) is 35.4 Å². The first-order valence-electron chi connectivity index (χ1n) is 6.69. The topological polar surface area (TPSA) is 49.9 Å². The first-order valence-corrected chi connectivity index (χ1v) is 6.69. The van der Waals surface area contributed by atoms with Gasteiger partial charge in [-0.15, -0.1) is 0 Å². The van der Waals surface area contributed by atoms with Crippen LogP contribution in [0.2, 0.25) is 0 Å². The number of carbonyl (C=O) groups is 2. The molecule has 1 aromatic carbocycles. The van der Waals surface area contributed by atoms with Gasteiger partial charge < -0.3 is 14.5 Å². The predicted molar refractivity (Wildman–Crippen MR) is 70.9 cm³/mol. The van der Waals surface area contributed by atoms with Gasteiger partial charge in [-0.3, -0.25) is 4.79 Å². The normalized spacial score (nSPS) is 15.0. The number of halogens is 2. The second-order valence-electron chi connectivity index (χ2n) is 4.60. The van der Waals surface area contributed by atoms with E-state index in [9.17, 15) is 18.4 Å². The number of hydrogen-bond donors (Lipinski definition) is 0. The molecule has 0 atom stereocenters. The van der Waals surface area contributed by atoms with Gasteiger partial charge in [-0.25, -0.2) is 13.6 Å². The molecule has 21 heavy (non-hydrogen) atoms. The summed E-state index contributed by atoms with van der Waals surface area (Å²) in [5, 5.41) is 0. The summed E-state index contributed by atoms with van der Waals surface area (Å²) in [5.74, 6) is -1.99. The molecule has 2 amide bonds. The minimum absolute atomic E-state index is 0.258. The fourth-order valence-corrected chi connectivity index (χ4v) is 2.14. The van der Waals surface area contributed by atoms with E-state index in [1.54, 1.807) is 6.92 Å². The largest absolute Gasteiger partial charge is 0.450 e. The third-order valence-electron chi connectivity index (χ3n) is 3.25. The van der Waals surface area contributed by atoms with Gasteiger partial charge in [-0.05, 0) is 25.1 Å². The number of nitrogens with zero attached hydrogens (tertiary/aromatic N) is 2. The Bertz CT molecular complexity index is 543. The predicted octanol–water partition coefficient (Wildman–Crippen LogP) is 1.88. The van der Waals surface area contributed by atoms with Crippen LogP contribution in [0.3, 0.4) is 0 Å². The highest BCUT2D eigenvalue weighted by molar-refractivity contribution is 5.94. The van der Waals surface area contributed by atoms with Crippen molar-refractivity contribution in [3.8, 4) is 0 Å². The Kier molecular flexibility index (Phi) is 4.72. The lowest BCUT2D eigenvalue weighted by Crippen LogP contribution is -2.50. The molecule has 0 N–H and O–H groups in total. The van der Waals surface area contributed by atoms with Crippen molar-refractivity contribution >= 4 is 12.0 Å². The quantitative estimate of drug-likeness (QED) is 0.837. The molecule has 1 heterocycles. The third kappa shape index (κ3) is 3.48. The Hall–Kier alpha value is -2.18. The molecule has 5 nitrogen and oxygen atoms in total. The van der Waals surface area contributed by atoms with Crippen LogP contribution >= 0.6 is 0 Å². The Balaban J connectivity index is 2.00. The van der Waals surface area contributed by atoms with E-state index >= 15 is 0 Å². The number of ether oxygens (including phenoxy) is 1. The highest BCUT2D eigenvalue weighted by atomic mass is 19.1. The van der Waals surface area contributed by atoms with Crippen LogP contribution in [-0.4, -0.2) is 54.6 Å². The van der Waals surface area contributed by atoms with E-state index in [0.717, 1.165) is 18.2 Å². The lowest BCUT2D eigenvalue weighted by molar-refractivity contribution is 0.0566. The lowest BCUT2D eigenvalue weighted by atomic mass is 10.1. The molecule has 1 saturated heterocycles. The molecule has 0 spiro atoms. The summed E-state index contributed by atoms with van der Waals surface area (Å²) in [6.07, 6.45) is -0.429. The summed E-state index contributed by atoms with van der Waals surface area (Å²) in [6, 6.07) is 2.78. The molecule has 0 aliphatic carbocycles. The van der Waals surface area contributed by atoms with Crippen LogP contribution in [-0.2, 0) is 4.74 Å². The van der Waals surface area contributed by atoms with Gasteiger partial charge in [-0.2, -0.15) is 0 Å². The number of benzene rings is 1. The van der Waals surface area contributed by atoms with Gasteiger partial charge >= 0.3 is 6.09 Å².